The smallest absolute Gasteiger partial charge is 0.119 e. The first kappa shape index (κ1) is 13.2. The molecule has 1 aliphatic heterocycles. The number of rotatable bonds is 3. The highest BCUT2D eigenvalue weighted by atomic mass is 79.9. The summed E-state index contributed by atoms with van der Waals surface area (Å²) in [5.41, 5.74) is 2.78. The first-order valence-electron chi connectivity index (χ1n) is 6.52. The van der Waals surface area contributed by atoms with E-state index in [1.165, 1.54) is 19.8 Å². The first-order valence-corrected chi connectivity index (χ1v) is 8.13. The van der Waals surface area contributed by atoms with E-state index in [-0.39, 0.29) is 0 Å². The molecule has 0 radical (unpaired) electrons. The molecule has 0 saturated carbocycles. The van der Waals surface area contributed by atoms with Crippen LogP contribution in [-0.2, 0) is 6.42 Å². The van der Waals surface area contributed by atoms with E-state index < -0.39 is 0 Å². The molecule has 100 valence electrons. The lowest BCUT2D eigenvalue weighted by atomic mass is 9.93. The molecular weight excluding hydrogens is 322 g/mol. The Morgan fingerprint density at radius 3 is 3.00 bits per heavy atom. The molecular formula is C15H16BrNOS. The number of hydrogen-bond donors (Lipinski definition) is 1. The molecule has 0 fully saturated rings. The molecule has 2 heterocycles. The van der Waals surface area contributed by atoms with Gasteiger partial charge in [-0.15, -0.1) is 11.3 Å². The SMILES string of the molecule is CCOc1ccc2c(c1)CCNC2c1ccc(Br)s1. The molecule has 19 heavy (non-hydrogen) atoms. The third-order valence-corrected chi connectivity index (χ3v) is 5.05. The molecule has 2 nitrogen and oxygen atoms in total. The molecule has 0 bridgehead atoms. The zero-order chi connectivity index (χ0) is 13.2. The zero-order valence-corrected chi connectivity index (χ0v) is 13.2. The van der Waals surface area contributed by atoms with Gasteiger partial charge in [-0.25, -0.2) is 0 Å². The second-order valence-electron chi connectivity index (χ2n) is 4.57. The van der Waals surface area contributed by atoms with Crippen LogP contribution in [0.15, 0.2) is 34.1 Å². The van der Waals surface area contributed by atoms with Crippen molar-refractivity contribution in [2.24, 2.45) is 0 Å². The van der Waals surface area contributed by atoms with Crippen LogP contribution in [0.25, 0.3) is 0 Å². The van der Waals surface area contributed by atoms with Crippen molar-refractivity contribution in [1.82, 2.24) is 5.32 Å². The van der Waals surface area contributed by atoms with Gasteiger partial charge in [0.25, 0.3) is 0 Å². The monoisotopic (exact) mass is 337 g/mol. The summed E-state index contributed by atoms with van der Waals surface area (Å²) < 4.78 is 6.77. The lowest BCUT2D eigenvalue weighted by molar-refractivity contribution is 0.339. The summed E-state index contributed by atoms with van der Waals surface area (Å²) in [5.74, 6) is 0.981. The van der Waals surface area contributed by atoms with Crippen LogP contribution in [0, 0.1) is 0 Å². The summed E-state index contributed by atoms with van der Waals surface area (Å²) >= 11 is 5.34. The van der Waals surface area contributed by atoms with E-state index in [1.54, 1.807) is 11.3 Å². The van der Waals surface area contributed by atoms with Gasteiger partial charge in [-0.1, -0.05) is 6.07 Å². The Bertz CT molecular complexity index is 581. The minimum absolute atomic E-state index is 0.315. The van der Waals surface area contributed by atoms with Crippen LogP contribution >= 0.6 is 27.3 Å². The third-order valence-electron chi connectivity index (χ3n) is 3.36. The van der Waals surface area contributed by atoms with Gasteiger partial charge in [-0.2, -0.15) is 0 Å². The predicted octanol–water partition coefficient (Wildman–Crippen LogP) is 4.14. The first-order chi connectivity index (χ1) is 9.28. The van der Waals surface area contributed by atoms with Gasteiger partial charge in [0.1, 0.15) is 5.75 Å². The van der Waals surface area contributed by atoms with Crippen molar-refractivity contribution >= 4 is 27.3 Å². The Balaban J connectivity index is 1.96. The molecule has 4 heteroatoms. The highest BCUT2D eigenvalue weighted by molar-refractivity contribution is 9.11. The summed E-state index contributed by atoms with van der Waals surface area (Å²) in [6.07, 6.45) is 1.07. The van der Waals surface area contributed by atoms with Gasteiger partial charge >= 0.3 is 0 Å². The Labute approximate surface area is 125 Å². The molecule has 1 N–H and O–H groups in total. The molecule has 1 aromatic heterocycles. The maximum Gasteiger partial charge on any atom is 0.119 e. The van der Waals surface area contributed by atoms with E-state index >= 15 is 0 Å². The van der Waals surface area contributed by atoms with Gasteiger partial charge in [-0.3, -0.25) is 0 Å². The lowest BCUT2D eigenvalue weighted by Gasteiger charge is -2.26. The maximum atomic E-state index is 5.59. The van der Waals surface area contributed by atoms with E-state index in [9.17, 15) is 0 Å². The highest BCUT2D eigenvalue weighted by Crippen LogP contribution is 2.35. The Kier molecular flexibility index (Phi) is 3.91. The fraction of sp³-hybridized carbons (Fsp3) is 0.333. The summed E-state index contributed by atoms with van der Waals surface area (Å²) in [6.45, 7) is 3.76. The minimum Gasteiger partial charge on any atom is -0.494 e. The number of ether oxygens (including phenoxy) is 1. The Morgan fingerprint density at radius 1 is 1.37 bits per heavy atom. The van der Waals surface area contributed by atoms with Crippen molar-refractivity contribution < 1.29 is 4.74 Å². The topological polar surface area (TPSA) is 21.3 Å². The second kappa shape index (κ2) is 5.65. The molecule has 0 amide bonds. The maximum absolute atomic E-state index is 5.59. The van der Waals surface area contributed by atoms with Gasteiger partial charge in [-0.05, 0) is 64.7 Å². The normalized spacial score (nSPS) is 18.1. The largest absolute Gasteiger partial charge is 0.494 e. The van der Waals surface area contributed by atoms with Crippen LogP contribution in [0.5, 0.6) is 5.75 Å². The van der Waals surface area contributed by atoms with Crippen LogP contribution in [0.1, 0.15) is 29.0 Å². The highest BCUT2D eigenvalue weighted by Gasteiger charge is 2.22. The summed E-state index contributed by atoms with van der Waals surface area (Å²) in [6, 6.07) is 11.1. The molecule has 0 saturated heterocycles. The number of halogens is 1. The fourth-order valence-corrected chi connectivity index (χ4v) is 4.05. The van der Waals surface area contributed by atoms with E-state index in [0.29, 0.717) is 6.04 Å². The summed E-state index contributed by atoms with van der Waals surface area (Å²) in [7, 11) is 0. The lowest BCUT2D eigenvalue weighted by Crippen LogP contribution is -2.29. The molecule has 2 aromatic rings. The van der Waals surface area contributed by atoms with Crippen LogP contribution in [0.2, 0.25) is 0 Å². The van der Waals surface area contributed by atoms with Gasteiger partial charge in [0.15, 0.2) is 0 Å². The van der Waals surface area contributed by atoms with Gasteiger partial charge in [0, 0.05) is 11.4 Å². The van der Waals surface area contributed by atoms with E-state index in [1.807, 2.05) is 6.92 Å². The van der Waals surface area contributed by atoms with Crippen molar-refractivity contribution in [2.45, 2.75) is 19.4 Å². The molecule has 1 aromatic carbocycles. The predicted molar refractivity (Wildman–Crippen MR) is 83.2 cm³/mol. The average Bonchev–Trinajstić information content (AvgIpc) is 2.85. The number of hydrogen-bond acceptors (Lipinski definition) is 3. The summed E-state index contributed by atoms with van der Waals surface area (Å²) in [5, 5.41) is 3.61. The summed E-state index contributed by atoms with van der Waals surface area (Å²) in [4.78, 5) is 1.36. The van der Waals surface area contributed by atoms with Crippen molar-refractivity contribution in [1.29, 1.82) is 0 Å². The van der Waals surface area contributed by atoms with Crippen molar-refractivity contribution in [3.8, 4) is 5.75 Å². The van der Waals surface area contributed by atoms with E-state index in [0.717, 1.165) is 25.3 Å². The van der Waals surface area contributed by atoms with Gasteiger partial charge in [0.05, 0.1) is 16.4 Å². The molecule has 1 atom stereocenters. The second-order valence-corrected chi connectivity index (χ2v) is 7.07. The van der Waals surface area contributed by atoms with Crippen LogP contribution in [0.3, 0.4) is 0 Å². The number of nitrogens with one attached hydrogen (secondary N) is 1. The minimum atomic E-state index is 0.315. The molecule has 1 aliphatic rings. The number of thiophene rings is 1. The molecule has 0 aliphatic carbocycles. The fourth-order valence-electron chi connectivity index (χ4n) is 2.54. The van der Waals surface area contributed by atoms with E-state index in [2.05, 4.69) is 51.6 Å². The van der Waals surface area contributed by atoms with Crippen LogP contribution in [0.4, 0.5) is 0 Å². The van der Waals surface area contributed by atoms with Crippen molar-refractivity contribution in [3.05, 3.63) is 50.1 Å². The molecule has 3 rings (SSSR count). The van der Waals surface area contributed by atoms with Crippen LogP contribution in [-0.4, -0.2) is 13.2 Å². The quantitative estimate of drug-likeness (QED) is 0.908. The van der Waals surface area contributed by atoms with Crippen molar-refractivity contribution in [3.63, 3.8) is 0 Å². The average molecular weight is 338 g/mol. The van der Waals surface area contributed by atoms with Gasteiger partial charge in [0.2, 0.25) is 0 Å². The Hall–Kier alpha value is -0.840. The zero-order valence-electron chi connectivity index (χ0n) is 10.8. The number of fused-ring (bicyclic) bond motifs is 1. The number of benzene rings is 1. The van der Waals surface area contributed by atoms with Crippen LogP contribution < -0.4 is 10.1 Å². The van der Waals surface area contributed by atoms with E-state index in [4.69, 9.17) is 4.74 Å². The third kappa shape index (κ3) is 2.71. The van der Waals surface area contributed by atoms with Gasteiger partial charge < -0.3 is 10.1 Å². The molecule has 1 unspecified atom stereocenters. The standard InChI is InChI=1S/C15H16BrNOS/c1-2-18-11-3-4-12-10(9-11)7-8-17-15(12)13-5-6-14(16)19-13/h3-6,9,15,17H,2,7-8H2,1H3. The van der Waals surface area contributed by atoms with Crippen molar-refractivity contribution in [2.75, 3.05) is 13.2 Å². The Morgan fingerprint density at radius 2 is 2.26 bits per heavy atom. The molecule has 0 spiro atoms.